The van der Waals surface area contributed by atoms with E-state index < -0.39 is 11.9 Å². The largest absolute Gasteiger partial charge is 0.454 e. The summed E-state index contributed by atoms with van der Waals surface area (Å²) in [7, 11) is 0. The van der Waals surface area contributed by atoms with Crippen LogP contribution < -0.4 is 25.0 Å². The number of nitrogens with zero attached hydrogens (tertiary/aromatic N) is 1. The third-order valence-corrected chi connectivity index (χ3v) is 6.15. The normalized spacial score (nSPS) is 11.8. The molecule has 0 aliphatic carbocycles. The molecule has 0 spiro atoms. The van der Waals surface area contributed by atoms with E-state index in [4.69, 9.17) is 37.4 Å². The molecule has 0 fully saturated rings. The summed E-state index contributed by atoms with van der Waals surface area (Å²) in [6.07, 6.45) is 1.31. The monoisotopic (exact) mass is 575 g/mol. The number of rotatable bonds is 7. The fraction of sp³-hybridized carbons (Fsp3) is 0.0345. The highest BCUT2D eigenvalue weighted by atomic mass is 35.5. The Kier molecular flexibility index (Phi) is 7.95. The first-order valence-corrected chi connectivity index (χ1v) is 12.5. The predicted octanol–water partition coefficient (Wildman–Crippen LogP) is 5.96. The molecule has 0 atom stereocenters. The number of fused-ring (bicyclic) bond motifs is 1. The van der Waals surface area contributed by atoms with Crippen LogP contribution in [0.3, 0.4) is 0 Å². The summed E-state index contributed by atoms with van der Waals surface area (Å²) in [6, 6.07) is 22.1. The van der Waals surface area contributed by atoms with Crippen molar-refractivity contribution in [3.63, 3.8) is 0 Å². The lowest BCUT2D eigenvalue weighted by molar-refractivity contribution is 0.0733. The molecule has 1 heterocycles. The first-order valence-electron chi connectivity index (χ1n) is 11.8. The van der Waals surface area contributed by atoms with Crippen LogP contribution in [0.2, 0.25) is 10.0 Å². The highest BCUT2D eigenvalue weighted by molar-refractivity contribution is 6.31. The fourth-order valence-electron chi connectivity index (χ4n) is 3.63. The van der Waals surface area contributed by atoms with Gasteiger partial charge in [0.15, 0.2) is 11.5 Å². The van der Waals surface area contributed by atoms with Gasteiger partial charge in [0.25, 0.3) is 11.8 Å². The Morgan fingerprint density at radius 2 is 1.40 bits per heavy atom. The summed E-state index contributed by atoms with van der Waals surface area (Å²) in [5.74, 6) is -0.243. The average Bonchev–Trinajstić information content (AvgIpc) is 3.43. The topological polar surface area (TPSA) is 115 Å². The second-order valence-corrected chi connectivity index (χ2v) is 9.25. The van der Waals surface area contributed by atoms with Gasteiger partial charge in [-0.15, -0.1) is 0 Å². The van der Waals surface area contributed by atoms with Crippen molar-refractivity contribution in [1.29, 1.82) is 0 Å². The molecule has 200 valence electrons. The number of benzene rings is 4. The maximum atomic E-state index is 12.7. The molecule has 5 rings (SSSR count). The van der Waals surface area contributed by atoms with Gasteiger partial charge in [0.1, 0.15) is 5.75 Å². The number of carbonyl (C=O) groups is 3. The molecule has 4 aromatic rings. The van der Waals surface area contributed by atoms with E-state index in [1.54, 1.807) is 66.7 Å². The van der Waals surface area contributed by atoms with Crippen LogP contribution in [0.1, 0.15) is 36.6 Å². The number of hydrogen-bond donors (Lipinski definition) is 2. The van der Waals surface area contributed by atoms with E-state index in [1.807, 2.05) is 0 Å². The molecule has 4 aromatic carbocycles. The average molecular weight is 576 g/mol. The number of carbonyl (C=O) groups excluding carboxylic acids is 3. The molecule has 0 radical (unpaired) electrons. The number of ether oxygens (including phenoxy) is 3. The minimum absolute atomic E-state index is 0.0857. The number of anilines is 1. The van der Waals surface area contributed by atoms with Crippen LogP contribution in [0.4, 0.5) is 5.69 Å². The highest BCUT2D eigenvalue weighted by Crippen LogP contribution is 2.33. The molecule has 0 unspecified atom stereocenters. The summed E-state index contributed by atoms with van der Waals surface area (Å²) in [4.78, 5) is 37.6. The summed E-state index contributed by atoms with van der Waals surface area (Å²) >= 11 is 12.0. The van der Waals surface area contributed by atoms with Crippen LogP contribution in [-0.4, -0.2) is 30.8 Å². The van der Waals surface area contributed by atoms with Gasteiger partial charge in [-0.3, -0.25) is 9.59 Å². The van der Waals surface area contributed by atoms with Crippen LogP contribution >= 0.6 is 23.2 Å². The Labute approximate surface area is 238 Å². The Bertz CT molecular complexity index is 1620. The van der Waals surface area contributed by atoms with E-state index in [0.29, 0.717) is 43.9 Å². The van der Waals surface area contributed by atoms with Crippen molar-refractivity contribution >= 4 is 52.9 Å². The molecular weight excluding hydrogens is 557 g/mol. The van der Waals surface area contributed by atoms with E-state index in [0.717, 1.165) is 0 Å². The van der Waals surface area contributed by atoms with Gasteiger partial charge in [-0.2, -0.15) is 5.10 Å². The molecular formula is C29H19Cl2N3O6. The zero-order valence-corrected chi connectivity index (χ0v) is 22.0. The maximum absolute atomic E-state index is 12.7. The molecule has 9 nitrogen and oxygen atoms in total. The summed E-state index contributed by atoms with van der Waals surface area (Å²) in [5, 5.41) is 7.63. The van der Waals surface area contributed by atoms with Crippen molar-refractivity contribution in [3.8, 4) is 17.2 Å². The third-order valence-electron chi connectivity index (χ3n) is 5.66. The number of hydrogen-bond acceptors (Lipinski definition) is 7. The number of esters is 1. The molecule has 1 aliphatic heterocycles. The zero-order valence-electron chi connectivity index (χ0n) is 20.5. The predicted molar refractivity (Wildman–Crippen MR) is 150 cm³/mol. The van der Waals surface area contributed by atoms with Crippen molar-refractivity contribution in [3.05, 3.63) is 117 Å². The zero-order chi connectivity index (χ0) is 28.1. The Morgan fingerprint density at radius 1 is 0.750 bits per heavy atom. The SMILES string of the molecule is O=C(N/N=C/c1cc(Cl)ccc1OC(=O)c1ccc2c(c1)OCO2)c1ccc(NC(=O)c2ccc(Cl)cc2)cc1. The highest BCUT2D eigenvalue weighted by Gasteiger charge is 2.18. The van der Waals surface area contributed by atoms with E-state index in [2.05, 4.69) is 15.8 Å². The molecule has 2 N–H and O–H groups in total. The quantitative estimate of drug-likeness (QED) is 0.122. The van der Waals surface area contributed by atoms with Crippen molar-refractivity contribution in [2.45, 2.75) is 0 Å². The molecule has 1 aliphatic rings. The number of halogens is 2. The Morgan fingerprint density at radius 3 is 2.17 bits per heavy atom. The van der Waals surface area contributed by atoms with E-state index in [9.17, 15) is 14.4 Å². The standard InChI is InChI=1S/C29H19Cl2N3O6/c30-21-6-1-17(2-7-21)27(35)33-23-9-3-18(4-10-23)28(36)34-32-15-20-13-22(31)8-12-24(20)40-29(37)19-5-11-25-26(14-19)39-16-38-25/h1-15H,16H2,(H,33,35)(H,34,36)/b32-15+. The van der Waals surface area contributed by atoms with Crippen molar-refractivity contribution in [2.24, 2.45) is 5.10 Å². The summed E-state index contributed by atoms with van der Waals surface area (Å²) < 4.78 is 16.1. The van der Waals surface area contributed by atoms with E-state index in [1.165, 1.54) is 24.4 Å². The molecule has 0 saturated heterocycles. The van der Waals surface area contributed by atoms with Gasteiger partial charge in [-0.1, -0.05) is 23.2 Å². The maximum Gasteiger partial charge on any atom is 0.343 e. The first-order chi connectivity index (χ1) is 19.4. The number of nitrogens with one attached hydrogen (secondary N) is 2. The molecule has 0 saturated carbocycles. The van der Waals surface area contributed by atoms with Gasteiger partial charge >= 0.3 is 5.97 Å². The molecule has 2 amide bonds. The van der Waals surface area contributed by atoms with Crippen molar-refractivity contribution in [2.75, 3.05) is 12.1 Å². The molecule has 40 heavy (non-hydrogen) atoms. The molecule has 0 aromatic heterocycles. The van der Waals surface area contributed by atoms with Crippen LogP contribution in [0.15, 0.2) is 90.0 Å². The number of hydrazone groups is 1. The van der Waals surface area contributed by atoms with Crippen LogP contribution in [0.5, 0.6) is 17.2 Å². The molecule has 11 heteroatoms. The minimum atomic E-state index is -0.623. The van der Waals surface area contributed by atoms with Crippen molar-refractivity contribution in [1.82, 2.24) is 5.43 Å². The van der Waals surface area contributed by atoms with Gasteiger partial charge < -0.3 is 19.5 Å². The third kappa shape index (κ3) is 6.40. The molecule has 0 bridgehead atoms. The summed E-state index contributed by atoms with van der Waals surface area (Å²) in [5.41, 5.74) is 4.31. The van der Waals surface area contributed by atoms with Gasteiger partial charge in [0.2, 0.25) is 6.79 Å². The van der Waals surface area contributed by atoms with Gasteiger partial charge in [0, 0.05) is 32.4 Å². The van der Waals surface area contributed by atoms with Crippen molar-refractivity contribution < 1.29 is 28.6 Å². The van der Waals surface area contributed by atoms with E-state index >= 15 is 0 Å². The Balaban J connectivity index is 1.21. The Hall–Kier alpha value is -4.86. The van der Waals surface area contributed by atoms with Crippen LogP contribution in [-0.2, 0) is 0 Å². The van der Waals surface area contributed by atoms with Gasteiger partial charge in [0.05, 0.1) is 11.8 Å². The lowest BCUT2D eigenvalue weighted by atomic mass is 10.1. The lowest BCUT2D eigenvalue weighted by Gasteiger charge is -2.09. The second-order valence-electron chi connectivity index (χ2n) is 8.38. The fourth-order valence-corrected chi connectivity index (χ4v) is 3.94. The first kappa shape index (κ1) is 26.7. The smallest absolute Gasteiger partial charge is 0.343 e. The van der Waals surface area contributed by atoms with Crippen LogP contribution in [0.25, 0.3) is 0 Å². The minimum Gasteiger partial charge on any atom is -0.454 e. The summed E-state index contributed by atoms with van der Waals surface area (Å²) in [6.45, 7) is 0.0857. The lowest BCUT2D eigenvalue weighted by Crippen LogP contribution is -2.18. The number of amides is 2. The second kappa shape index (κ2) is 11.9. The van der Waals surface area contributed by atoms with Crippen LogP contribution in [0, 0.1) is 0 Å². The van der Waals surface area contributed by atoms with E-state index in [-0.39, 0.29) is 24.0 Å². The van der Waals surface area contributed by atoms with Gasteiger partial charge in [-0.05, 0) is 84.9 Å². The van der Waals surface area contributed by atoms with Gasteiger partial charge in [-0.25, -0.2) is 10.2 Å².